The van der Waals surface area contributed by atoms with E-state index in [9.17, 15) is 13.2 Å². The largest absolute Gasteiger partial charge is 0.463 e. The van der Waals surface area contributed by atoms with Crippen molar-refractivity contribution in [2.75, 3.05) is 11.4 Å². The Morgan fingerprint density at radius 2 is 2.12 bits per heavy atom. The second kappa shape index (κ2) is 5.79. The van der Waals surface area contributed by atoms with Crippen molar-refractivity contribution < 1.29 is 17.6 Å². The molecule has 0 N–H and O–H groups in total. The maximum atomic E-state index is 13.5. The van der Waals surface area contributed by atoms with Crippen molar-refractivity contribution in [1.29, 1.82) is 0 Å². The van der Waals surface area contributed by atoms with E-state index in [4.69, 9.17) is 4.42 Å². The Bertz CT molecular complexity index is 885. The summed E-state index contributed by atoms with van der Waals surface area (Å²) < 4.78 is 46.7. The molecule has 0 aromatic carbocycles. The molecule has 1 saturated heterocycles. The Hall–Kier alpha value is -2.51. The van der Waals surface area contributed by atoms with Gasteiger partial charge in [-0.15, -0.1) is 0 Å². The Balaban J connectivity index is 1.93. The summed E-state index contributed by atoms with van der Waals surface area (Å²) in [6.07, 6.45) is 1.48. The topological polar surface area (TPSA) is 46.6 Å². The quantitative estimate of drug-likeness (QED) is 0.688. The lowest BCUT2D eigenvalue weighted by atomic mass is 10.0. The molecule has 8 heteroatoms. The average Bonchev–Trinajstić information content (AvgIpc) is 3.23. The highest BCUT2D eigenvalue weighted by Gasteiger charge is 2.36. The van der Waals surface area contributed by atoms with Gasteiger partial charge in [0.1, 0.15) is 11.4 Å². The van der Waals surface area contributed by atoms with Crippen molar-refractivity contribution in [1.82, 2.24) is 14.6 Å². The minimum Gasteiger partial charge on any atom is -0.463 e. The normalized spacial score (nSPS) is 18.9. The number of alkyl halides is 3. The maximum Gasteiger partial charge on any atom is 0.433 e. The zero-order chi connectivity index (χ0) is 17.6. The van der Waals surface area contributed by atoms with E-state index in [0.29, 0.717) is 11.4 Å². The summed E-state index contributed by atoms with van der Waals surface area (Å²) in [5.41, 5.74) is 0.122. The van der Waals surface area contributed by atoms with Gasteiger partial charge in [-0.2, -0.15) is 18.3 Å². The molecule has 4 rings (SSSR count). The highest BCUT2D eigenvalue weighted by Crippen LogP contribution is 2.35. The Labute approximate surface area is 142 Å². The van der Waals surface area contributed by atoms with Crippen LogP contribution < -0.4 is 4.90 Å². The van der Waals surface area contributed by atoms with Gasteiger partial charge >= 0.3 is 6.18 Å². The molecule has 0 saturated carbocycles. The second-order valence-electron chi connectivity index (χ2n) is 6.31. The van der Waals surface area contributed by atoms with Gasteiger partial charge in [-0.25, -0.2) is 9.50 Å². The van der Waals surface area contributed by atoms with Gasteiger partial charge in [0.2, 0.25) is 0 Å². The van der Waals surface area contributed by atoms with Gasteiger partial charge in [0, 0.05) is 12.6 Å². The van der Waals surface area contributed by atoms with E-state index in [0.717, 1.165) is 36.4 Å². The minimum absolute atomic E-state index is 0.149. The summed E-state index contributed by atoms with van der Waals surface area (Å²) in [6, 6.07) is 4.43. The summed E-state index contributed by atoms with van der Waals surface area (Å²) in [4.78, 5) is 6.51. The Kier molecular flexibility index (Phi) is 3.70. The molecule has 0 aliphatic carbocycles. The minimum atomic E-state index is -4.54. The number of hydrogen-bond acceptors (Lipinski definition) is 4. The lowest BCUT2D eigenvalue weighted by Gasteiger charge is -2.34. The molecular weight excluding hydrogens is 333 g/mol. The first-order chi connectivity index (χ1) is 11.9. The van der Waals surface area contributed by atoms with Crippen LogP contribution >= 0.6 is 0 Å². The van der Waals surface area contributed by atoms with E-state index >= 15 is 0 Å². The van der Waals surface area contributed by atoms with Gasteiger partial charge in [-0.05, 0) is 44.4 Å². The predicted molar refractivity (Wildman–Crippen MR) is 86.4 cm³/mol. The predicted octanol–water partition coefficient (Wildman–Crippen LogP) is 4.39. The third kappa shape index (κ3) is 2.75. The number of halogens is 3. The molecule has 25 heavy (non-hydrogen) atoms. The first kappa shape index (κ1) is 16.0. The highest BCUT2D eigenvalue weighted by atomic mass is 19.4. The highest BCUT2D eigenvalue weighted by molar-refractivity contribution is 5.72. The molecule has 0 bridgehead atoms. The number of anilines is 1. The third-order valence-corrected chi connectivity index (χ3v) is 4.63. The molecule has 1 aliphatic heterocycles. The molecule has 132 valence electrons. The van der Waals surface area contributed by atoms with Crippen LogP contribution in [0.15, 0.2) is 35.1 Å². The van der Waals surface area contributed by atoms with Crippen LogP contribution in [0.2, 0.25) is 0 Å². The summed E-state index contributed by atoms with van der Waals surface area (Å²) in [6.45, 7) is 2.86. The summed E-state index contributed by atoms with van der Waals surface area (Å²) in [5.74, 6) is 0.298. The van der Waals surface area contributed by atoms with E-state index < -0.39 is 11.9 Å². The summed E-state index contributed by atoms with van der Waals surface area (Å²) in [7, 11) is 0. The van der Waals surface area contributed by atoms with Crippen molar-refractivity contribution in [3.63, 3.8) is 0 Å². The van der Waals surface area contributed by atoms with E-state index in [1.165, 1.54) is 12.5 Å². The van der Waals surface area contributed by atoms with Crippen LogP contribution in [-0.4, -0.2) is 27.2 Å². The maximum absolute atomic E-state index is 13.5. The first-order valence-electron chi connectivity index (χ1n) is 8.21. The van der Waals surface area contributed by atoms with E-state index in [1.807, 2.05) is 0 Å². The summed E-state index contributed by atoms with van der Waals surface area (Å²) >= 11 is 0. The molecule has 0 spiro atoms. The second-order valence-corrected chi connectivity index (χ2v) is 6.31. The fourth-order valence-corrected chi connectivity index (χ4v) is 3.36. The summed E-state index contributed by atoms with van der Waals surface area (Å²) in [5, 5.41) is 3.98. The first-order valence-corrected chi connectivity index (χ1v) is 8.21. The van der Waals surface area contributed by atoms with Crippen LogP contribution in [0.5, 0.6) is 0 Å². The number of furan rings is 1. The van der Waals surface area contributed by atoms with Crippen molar-refractivity contribution in [2.24, 2.45) is 0 Å². The number of piperidine rings is 1. The van der Waals surface area contributed by atoms with Crippen LogP contribution in [0.1, 0.15) is 31.9 Å². The zero-order valence-corrected chi connectivity index (χ0v) is 13.6. The van der Waals surface area contributed by atoms with Crippen molar-refractivity contribution in [2.45, 2.75) is 38.4 Å². The number of hydrogen-bond donors (Lipinski definition) is 0. The van der Waals surface area contributed by atoms with E-state index in [-0.39, 0.29) is 17.4 Å². The third-order valence-electron chi connectivity index (χ3n) is 4.63. The number of fused-ring (bicyclic) bond motifs is 1. The molecule has 5 nitrogen and oxygen atoms in total. The molecule has 0 radical (unpaired) electrons. The van der Waals surface area contributed by atoms with Gasteiger partial charge in [0.25, 0.3) is 0 Å². The van der Waals surface area contributed by atoms with Crippen LogP contribution in [0.3, 0.4) is 0 Å². The van der Waals surface area contributed by atoms with Crippen molar-refractivity contribution >= 4 is 11.3 Å². The molecule has 3 aromatic rings. The number of nitrogens with zero attached hydrogens (tertiary/aromatic N) is 4. The Morgan fingerprint density at radius 1 is 1.28 bits per heavy atom. The SMILES string of the molecule is CC1CCCCN1c1cnn2c(C(F)(F)F)cc(-c3ccco3)nc12. The van der Waals surface area contributed by atoms with E-state index in [2.05, 4.69) is 21.9 Å². The lowest BCUT2D eigenvalue weighted by Crippen LogP contribution is -2.37. The standard InChI is InChI=1S/C17H17F3N4O/c1-11-5-2-3-7-23(11)13-10-21-24-15(17(18,19)20)9-12(22-16(13)24)14-6-4-8-25-14/h4,6,8-11H,2-3,5,7H2,1H3. The van der Waals surface area contributed by atoms with Crippen molar-refractivity contribution in [3.05, 3.63) is 36.4 Å². The van der Waals surface area contributed by atoms with Crippen molar-refractivity contribution in [3.8, 4) is 11.5 Å². The van der Waals surface area contributed by atoms with Gasteiger partial charge in [0.05, 0.1) is 12.5 Å². The fourth-order valence-electron chi connectivity index (χ4n) is 3.36. The van der Waals surface area contributed by atoms with Gasteiger partial charge < -0.3 is 9.32 Å². The molecule has 1 fully saturated rings. The Morgan fingerprint density at radius 3 is 2.80 bits per heavy atom. The van der Waals surface area contributed by atoms with Crippen LogP contribution in [-0.2, 0) is 6.18 Å². The smallest absolute Gasteiger partial charge is 0.433 e. The van der Waals surface area contributed by atoms with Crippen LogP contribution in [0.25, 0.3) is 17.1 Å². The molecule has 4 heterocycles. The van der Waals surface area contributed by atoms with Gasteiger partial charge in [-0.1, -0.05) is 0 Å². The van der Waals surface area contributed by atoms with Gasteiger partial charge in [-0.3, -0.25) is 0 Å². The lowest BCUT2D eigenvalue weighted by molar-refractivity contribution is -0.142. The molecule has 0 amide bonds. The van der Waals surface area contributed by atoms with E-state index in [1.54, 1.807) is 12.1 Å². The average molecular weight is 350 g/mol. The molecule has 1 atom stereocenters. The molecule has 1 unspecified atom stereocenters. The van der Waals surface area contributed by atoms with Crippen LogP contribution in [0.4, 0.5) is 18.9 Å². The monoisotopic (exact) mass is 350 g/mol. The molecule has 3 aromatic heterocycles. The number of aromatic nitrogens is 3. The molecule has 1 aliphatic rings. The fraction of sp³-hybridized carbons (Fsp3) is 0.412. The van der Waals surface area contributed by atoms with Gasteiger partial charge in [0.15, 0.2) is 17.1 Å². The molecular formula is C17H17F3N4O. The zero-order valence-electron chi connectivity index (χ0n) is 13.6. The van der Waals surface area contributed by atoms with Crippen LogP contribution in [0, 0.1) is 0 Å². The number of rotatable bonds is 2.